The number of hydrogen-bond acceptors (Lipinski definition) is 2. The van der Waals surface area contributed by atoms with Crippen molar-refractivity contribution < 1.29 is 4.79 Å². The molecule has 0 radical (unpaired) electrons. The van der Waals surface area contributed by atoms with Gasteiger partial charge in [-0.2, -0.15) is 0 Å². The summed E-state index contributed by atoms with van der Waals surface area (Å²) in [5.74, 6) is 1.07. The Kier molecular flexibility index (Phi) is 6.72. The number of carbonyl (C=O) groups excluding carboxylic acids is 1. The molecule has 0 bridgehead atoms. The van der Waals surface area contributed by atoms with Gasteiger partial charge in [0.05, 0.1) is 11.8 Å². The second-order valence-corrected chi connectivity index (χ2v) is 7.31. The lowest BCUT2D eigenvalue weighted by Gasteiger charge is -2.21. The molecule has 0 saturated carbocycles. The fourth-order valence-corrected chi connectivity index (χ4v) is 3.16. The summed E-state index contributed by atoms with van der Waals surface area (Å²) in [5, 5.41) is 3.19. The standard InChI is InChI=1S/C20H25NOS/c1-15(2)13-19(17-7-5-4-6-8-17)21-20(22)14-23-18-11-9-16(3)10-12-18/h4-12,15,19H,13-14H2,1-3H3,(H,21,22). The molecular weight excluding hydrogens is 302 g/mol. The van der Waals surface area contributed by atoms with Crippen molar-refractivity contribution in [2.75, 3.05) is 5.75 Å². The summed E-state index contributed by atoms with van der Waals surface area (Å²) in [7, 11) is 0. The van der Waals surface area contributed by atoms with E-state index in [2.05, 4.69) is 62.5 Å². The van der Waals surface area contributed by atoms with Crippen molar-refractivity contribution in [1.29, 1.82) is 0 Å². The van der Waals surface area contributed by atoms with Gasteiger partial charge >= 0.3 is 0 Å². The van der Waals surface area contributed by atoms with E-state index >= 15 is 0 Å². The van der Waals surface area contributed by atoms with Gasteiger partial charge in [-0.15, -0.1) is 11.8 Å². The minimum atomic E-state index is 0.0855. The number of benzene rings is 2. The average Bonchev–Trinajstić information content (AvgIpc) is 2.54. The zero-order valence-electron chi connectivity index (χ0n) is 14.1. The van der Waals surface area contributed by atoms with Crippen molar-refractivity contribution in [3.63, 3.8) is 0 Å². The third-order valence-corrected chi connectivity index (χ3v) is 4.65. The summed E-state index contributed by atoms with van der Waals surface area (Å²) in [5.41, 5.74) is 2.41. The number of hydrogen-bond donors (Lipinski definition) is 1. The number of carbonyl (C=O) groups is 1. The molecule has 2 aromatic rings. The van der Waals surface area contributed by atoms with Crippen LogP contribution in [-0.2, 0) is 4.79 Å². The number of thioether (sulfide) groups is 1. The Bertz CT molecular complexity index is 607. The van der Waals surface area contributed by atoms with E-state index in [4.69, 9.17) is 0 Å². The third kappa shape index (κ3) is 6.11. The Morgan fingerprint density at radius 3 is 2.30 bits per heavy atom. The van der Waals surface area contributed by atoms with Crippen LogP contribution in [0.1, 0.15) is 37.4 Å². The molecule has 0 aliphatic rings. The summed E-state index contributed by atoms with van der Waals surface area (Å²) in [6.45, 7) is 6.43. The SMILES string of the molecule is Cc1ccc(SCC(=O)NC(CC(C)C)c2ccccc2)cc1. The zero-order chi connectivity index (χ0) is 16.7. The van der Waals surface area contributed by atoms with E-state index in [1.54, 1.807) is 11.8 Å². The molecule has 2 nitrogen and oxygen atoms in total. The highest BCUT2D eigenvalue weighted by atomic mass is 32.2. The van der Waals surface area contributed by atoms with Crippen LogP contribution in [0.3, 0.4) is 0 Å². The monoisotopic (exact) mass is 327 g/mol. The van der Waals surface area contributed by atoms with Gasteiger partial charge < -0.3 is 5.32 Å². The Hall–Kier alpha value is -1.74. The van der Waals surface area contributed by atoms with Crippen LogP contribution in [0.2, 0.25) is 0 Å². The largest absolute Gasteiger partial charge is 0.349 e. The molecule has 0 heterocycles. The minimum Gasteiger partial charge on any atom is -0.349 e. The molecule has 1 N–H and O–H groups in total. The fraction of sp³-hybridized carbons (Fsp3) is 0.350. The van der Waals surface area contributed by atoms with Crippen molar-refractivity contribution in [1.82, 2.24) is 5.32 Å². The molecule has 2 rings (SSSR count). The molecule has 0 aliphatic carbocycles. The molecule has 1 unspecified atom stereocenters. The molecule has 0 aliphatic heterocycles. The molecule has 1 atom stereocenters. The van der Waals surface area contributed by atoms with Crippen LogP contribution in [0.5, 0.6) is 0 Å². The van der Waals surface area contributed by atoms with Gasteiger partial charge in [-0.05, 0) is 37.0 Å². The van der Waals surface area contributed by atoms with Crippen molar-refractivity contribution in [2.24, 2.45) is 5.92 Å². The normalized spacial score (nSPS) is 12.2. The van der Waals surface area contributed by atoms with Gasteiger partial charge in [-0.1, -0.05) is 61.9 Å². The number of nitrogens with one attached hydrogen (secondary N) is 1. The zero-order valence-corrected chi connectivity index (χ0v) is 14.9. The van der Waals surface area contributed by atoms with Gasteiger partial charge in [0, 0.05) is 4.90 Å². The van der Waals surface area contributed by atoms with E-state index in [0.717, 1.165) is 11.3 Å². The first-order chi connectivity index (χ1) is 11.0. The van der Waals surface area contributed by atoms with Gasteiger partial charge in [0.1, 0.15) is 0 Å². The maximum Gasteiger partial charge on any atom is 0.230 e. The first-order valence-corrected chi connectivity index (χ1v) is 9.07. The van der Waals surface area contributed by atoms with Crippen LogP contribution in [0, 0.1) is 12.8 Å². The molecule has 2 aromatic carbocycles. The van der Waals surface area contributed by atoms with Crippen molar-refractivity contribution in [2.45, 2.75) is 38.1 Å². The van der Waals surface area contributed by atoms with E-state index in [9.17, 15) is 4.79 Å². The maximum atomic E-state index is 12.3. The number of rotatable bonds is 7. The highest BCUT2D eigenvalue weighted by Gasteiger charge is 2.16. The first kappa shape index (κ1) is 17.6. The first-order valence-electron chi connectivity index (χ1n) is 8.08. The summed E-state index contributed by atoms with van der Waals surface area (Å²) >= 11 is 1.58. The summed E-state index contributed by atoms with van der Waals surface area (Å²) in [6.07, 6.45) is 0.949. The molecule has 23 heavy (non-hydrogen) atoms. The highest BCUT2D eigenvalue weighted by Crippen LogP contribution is 2.22. The fourth-order valence-electron chi connectivity index (χ4n) is 2.45. The van der Waals surface area contributed by atoms with Gasteiger partial charge in [-0.25, -0.2) is 0 Å². The minimum absolute atomic E-state index is 0.0855. The Balaban J connectivity index is 1.93. The van der Waals surface area contributed by atoms with E-state index in [-0.39, 0.29) is 11.9 Å². The van der Waals surface area contributed by atoms with Crippen LogP contribution >= 0.6 is 11.8 Å². The Morgan fingerprint density at radius 1 is 1.04 bits per heavy atom. The lowest BCUT2D eigenvalue weighted by atomic mass is 9.97. The third-order valence-electron chi connectivity index (χ3n) is 3.64. The number of aryl methyl sites for hydroxylation is 1. The van der Waals surface area contributed by atoms with Gasteiger partial charge in [0.2, 0.25) is 5.91 Å². The van der Waals surface area contributed by atoms with Crippen LogP contribution in [0.4, 0.5) is 0 Å². The van der Waals surface area contributed by atoms with Crippen LogP contribution in [0.15, 0.2) is 59.5 Å². The van der Waals surface area contributed by atoms with Gasteiger partial charge in [-0.3, -0.25) is 4.79 Å². The van der Waals surface area contributed by atoms with E-state index in [0.29, 0.717) is 11.7 Å². The number of amides is 1. The highest BCUT2D eigenvalue weighted by molar-refractivity contribution is 8.00. The van der Waals surface area contributed by atoms with Crippen molar-refractivity contribution in [3.8, 4) is 0 Å². The van der Waals surface area contributed by atoms with Crippen LogP contribution in [-0.4, -0.2) is 11.7 Å². The lowest BCUT2D eigenvalue weighted by Crippen LogP contribution is -2.30. The van der Waals surface area contributed by atoms with E-state index < -0.39 is 0 Å². The topological polar surface area (TPSA) is 29.1 Å². The molecule has 0 spiro atoms. The predicted octanol–water partition coefficient (Wildman–Crippen LogP) is 4.99. The Labute approximate surface area is 143 Å². The Morgan fingerprint density at radius 2 is 1.70 bits per heavy atom. The second-order valence-electron chi connectivity index (χ2n) is 6.26. The summed E-state index contributed by atoms with van der Waals surface area (Å²) in [4.78, 5) is 13.4. The predicted molar refractivity (Wildman–Crippen MR) is 98.7 cm³/mol. The molecule has 3 heteroatoms. The van der Waals surface area contributed by atoms with E-state index in [1.165, 1.54) is 11.1 Å². The van der Waals surface area contributed by atoms with Gasteiger partial charge in [0.25, 0.3) is 0 Å². The smallest absolute Gasteiger partial charge is 0.230 e. The van der Waals surface area contributed by atoms with Crippen LogP contribution in [0.25, 0.3) is 0 Å². The summed E-state index contributed by atoms with van der Waals surface area (Å²) < 4.78 is 0. The lowest BCUT2D eigenvalue weighted by molar-refractivity contribution is -0.119. The van der Waals surface area contributed by atoms with Crippen LogP contribution < -0.4 is 5.32 Å². The van der Waals surface area contributed by atoms with Crippen molar-refractivity contribution in [3.05, 3.63) is 65.7 Å². The molecule has 122 valence electrons. The quantitative estimate of drug-likeness (QED) is 0.726. The molecule has 0 fully saturated rings. The molecular formula is C20H25NOS. The average molecular weight is 327 g/mol. The van der Waals surface area contributed by atoms with Crippen molar-refractivity contribution >= 4 is 17.7 Å². The summed E-state index contributed by atoms with van der Waals surface area (Å²) in [6, 6.07) is 18.6. The second kappa shape index (κ2) is 8.78. The molecule has 1 amide bonds. The maximum absolute atomic E-state index is 12.3. The van der Waals surface area contributed by atoms with Gasteiger partial charge in [0.15, 0.2) is 0 Å². The van der Waals surface area contributed by atoms with E-state index in [1.807, 2.05) is 18.2 Å². The molecule has 0 aromatic heterocycles. The molecule has 0 saturated heterocycles.